The lowest BCUT2D eigenvalue weighted by molar-refractivity contribution is 0.142. The van der Waals surface area contributed by atoms with Crippen LogP contribution < -0.4 is 5.32 Å². The summed E-state index contributed by atoms with van der Waals surface area (Å²) in [6.45, 7) is 2.14. The zero-order valence-electron chi connectivity index (χ0n) is 8.71. The van der Waals surface area contributed by atoms with Crippen molar-refractivity contribution in [3.05, 3.63) is 0 Å². The van der Waals surface area contributed by atoms with E-state index < -0.39 is 0 Å². The maximum Gasteiger partial charge on any atom is 0.317 e. The van der Waals surface area contributed by atoms with Crippen molar-refractivity contribution in [2.45, 2.75) is 18.9 Å². The minimum Gasteiger partial charge on any atom is -0.341 e. The van der Waals surface area contributed by atoms with Gasteiger partial charge in [-0.25, -0.2) is 4.79 Å². The Labute approximate surface area is 79.9 Å². The second-order valence-corrected chi connectivity index (χ2v) is 3.72. The van der Waals surface area contributed by atoms with E-state index in [9.17, 15) is 4.79 Å². The minimum atomic E-state index is 0.0142. The van der Waals surface area contributed by atoms with Crippen LogP contribution in [0.1, 0.15) is 12.8 Å². The Morgan fingerprint density at radius 3 is 2.85 bits per heavy atom. The lowest BCUT2D eigenvalue weighted by Gasteiger charge is -2.35. The van der Waals surface area contributed by atoms with E-state index in [0.717, 1.165) is 19.5 Å². The van der Waals surface area contributed by atoms with Gasteiger partial charge in [0.2, 0.25) is 0 Å². The summed E-state index contributed by atoms with van der Waals surface area (Å²) in [7, 11) is 5.64. The van der Waals surface area contributed by atoms with Gasteiger partial charge in [0.15, 0.2) is 0 Å². The van der Waals surface area contributed by atoms with E-state index in [1.54, 1.807) is 11.9 Å². The first-order valence-electron chi connectivity index (χ1n) is 4.78. The molecule has 1 aliphatic rings. The summed E-state index contributed by atoms with van der Waals surface area (Å²) in [4.78, 5) is 15.4. The molecule has 13 heavy (non-hydrogen) atoms. The number of carbonyl (C=O) groups excluding carboxylic acids is 1. The molecule has 4 heteroatoms. The standard InChI is InChI=1S/C9H19N3O/c1-10-9(13)12(3)8-5-4-6-11(2)7-8/h8H,4-7H2,1-3H3,(H,10,13). The first-order chi connectivity index (χ1) is 6.15. The van der Waals surface area contributed by atoms with Crippen molar-refractivity contribution in [2.24, 2.45) is 0 Å². The van der Waals surface area contributed by atoms with Crippen molar-refractivity contribution in [2.75, 3.05) is 34.2 Å². The topological polar surface area (TPSA) is 35.6 Å². The van der Waals surface area contributed by atoms with Crippen molar-refractivity contribution in [3.63, 3.8) is 0 Å². The summed E-state index contributed by atoms with van der Waals surface area (Å²) in [5, 5.41) is 2.65. The Kier molecular flexibility index (Phi) is 3.54. The van der Waals surface area contributed by atoms with Gasteiger partial charge in [0, 0.05) is 26.7 Å². The van der Waals surface area contributed by atoms with Crippen LogP contribution in [0.25, 0.3) is 0 Å². The third-order valence-electron chi connectivity index (χ3n) is 2.68. The second-order valence-electron chi connectivity index (χ2n) is 3.72. The zero-order valence-corrected chi connectivity index (χ0v) is 8.71. The number of nitrogens with zero attached hydrogens (tertiary/aromatic N) is 2. The first-order valence-corrected chi connectivity index (χ1v) is 4.78. The van der Waals surface area contributed by atoms with E-state index >= 15 is 0 Å². The van der Waals surface area contributed by atoms with Gasteiger partial charge in [0.1, 0.15) is 0 Å². The predicted octanol–water partition coefficient (Wildman–Crippen LogP) is 0.352. The second kappa shape index (κ2) is 4.46. The molecule has 0 aromatic heterocycles. The molecule has 0 bridgehead atoms. The molecule has 4 nitrogen and oxygen atoms in total. The fourth-order valence-electron chi connectivity index (χ4n) is 1.80. The summed E-state index contributed by atoms with van der Waals surface area (Å²) in [5.41, 5.74) is 0. The number of hydrogen-bond donors (Lipinski definition) is 1. The average Bonchev–Trinajstić information content (AvgIpc) is 2.15. The molecule has 1 N–H and O–H groups in total. The van der Waals surface area contributed by atoms with E-state index in [4.69, 9.17) is 0 Å². The highest BCUT2D eigenvalue weighted by Gasteiger charge is 2.23. The van der Waals surface area contributed by atoms with Gasteiger partial charge in [-0.1, -0.05) is 0 Å². The molecule has 1 fully saturated rings. The molecular formula is C9H19N3O. The smallest absolute Gasteiger partial charge is 0.317 e. The quantitative estimate of drug-likeness (QED) is 0.640. The van der Waals surface area contributed by atoms with Crippen LogP contribution in [0.3, 0.4) is 0 Å². The first kappa shape index (κ1) is 10.3. The van der Waals surface area contributed by atoms with E-state index in [-0.39, 0.29) is 6.03 Å². The average molecular weight is 185 g/mol. The van der Waals surface area contributed by atoms with E-state index in [1.807, 2.05) is 7.05 Å². The number of amides is 2. The van der Waals surface area contributed by atoms with Crippen LogP contribution >= 0.6 is 0 Å². The van der Waals surface area contributed by atoms with E-state index in [1.165, 1.54) is 6.42 Å². The van der Waals surface area contributed by atoms with Gasteiger partial charge in [-0.2, -0.15) is 0 Å². The lowest BCUT2D eigenvalue weighted by Crippen LogP contribution is -2.49. The van der Waals surface area contributed by atoms with Crippen LogP contribution in [-0.2, 0) is 0 Å². The highest BCUT2D eigenvalue weighted by Crippen LogP contribution is 2.12. The molecule has 1 saturated heterocycles. The molecule has 76 valence electrons. The Bertz CT molecular complexity index is 184. The number of urea groups is 1. The number of nitrogens with one attached hydrogen (secondary N) is 1. The maximum absolute atomic E-state index is 11.3. The van der Waals surface area contributed by atoms with E-state index in [2.05, 4.69) is 17.3 Å². The summed E-state index contributed by atoms with van der Waals surface area (Å²) < 4.78 is 0. The number of likely N-dealkylation sites (tertiary alicyclic amines) is 1. The molecule has 0 aliphatic carbocycles. The molecule has 0 saturated carbocycles. The van der Waals surface area contributed by atoms with Crippen LogP contribution in [0.4, 0.5) is 4.79 Å². The molecular weight excluding hydrogens is 166 g/mol. The number of piperidine rings is 1. The van der Waals surface area contributed by atoms with Crippen LogP contribution in [0.5, 0.6) is 0 Å². The van der Waals surface area contributed by atoms with E-state index in [0.29, 0.717) is 6.04 Å². The zero-order chi connectivity index (χ0) is 9.84. The molecule has 1 aliphatic heterocycles. The number of carbonyl (C=O) groups is 1. The molecule has 2 amide bonds. The van der Waals surface area contributed by atoms with Gasteiger partial charge >= 0.3 is 6.03 Å². The van der Waals surface area contributed by atoms with Crippen LogP contribution in [0.2, 0.25) is 0 Å². The predicted molar refractivity (Wildman–Crippen MR) is 52.7 cm³/mol. The van der Waals surface area contributed by atoms with Crippen molar-refractivity contribution in [3.8, 4) is 0 Å². The summed E-state index contributed by atoms with van der Waals surface area (Å²) in [6, 6.07) is 0.388. The van der Waals surface area contributed by atoms with Crippen molar-refractivity contribution < 1.29 is 4.79 Å². The Hall–Kier alpha value is -0.770. The van der Waals surface area contributed by atoms with Gasteiger partial charge in [0.25, 0.3) is 0 Å². The molecule has 0 radical (unpaired) electrons. The molecule has 0 spiro atoms. The summed E-state index contributed by atoms with van der Waals surface area (Å²) in [6.07, 6.45) is 2.30. The number of hydrogen-bond acceptors (Lipinski definition) is 2. The third kappa shape index (κ3) is 2.59. The maximum atomic E-state index is 11.3. The lowest BCUT2D eigenvalue weighted by atomic mass is 10.1. The summed E-state index contributed by atoms with van der Waals surface area (Å²) in [5.74, 6) is 0. The fraction of sp³-hybridized carbons (Fsp3) is 0.889. The minimum absolute atomic E-state index is 0.0142. The molecule has 1 rings (SSSR count). The Morgan fingerprint density at radius 2 is 2.31 bits per heavy atom. The molecule has 1 heterocycles. The fourth-order valence-corrected chi connectivity index (χ4v) is 1.80. The SMILES string of the molecule is CNC(=O)N(C)C1CCCN(C)C1. The van der Waals surface area contributed by atoms with Gasteiger partial charge in [0.05, 0.1) is 0 Å². The van der Waals surface area contributed by atoms with Gasteiger partial charge < -0.3 is 15.1 Å². The van der Waals surface area contributed by atoms with Gasteiger partial charge in [-0.3, -0.25) is 0 Å². The van der Waals surface area contributed by atoms with Crippen molar-refractivity contribution in [1.82, 2.24) is 15.1 Å². The highest BCUT2D eigenvalue weighted by atomic mass is 16.2. The highest BCUT2D eigenvalue weighted by molar-refractivity contribution is 5.73. The third-order valence-corrected chi connectivity index (χ3v) is 2.68. The normalized spacial score (nSPS) is 24.1. The van der Waals surface area contributed by atoms with Crippen LogP contribution in [0.15, 0.2) is 0 Å². The molecule has 1 atom stereocenters. The van der Waals surface area contributed by atoms with Crippen LogP contribution in [-0.4, -0.2) is 56.1 Å². The van der Waals surface area contributed by atoms with Crippen LogP contribution in [0, 0.1) is 0 Å². The molecule has 0 aromatic rings. The largest absolute Gasteiger partial charge is 0.341 e. The number of rotatable bonds is 1. The number of likely N-dealkylation sites (N-methyl/N-ethyl adjacent to an activating group) is 2. The van der Waals surface area contributed by atoms with Crippen molar-refractivity contribution >= 4 is 6.03 Å². The summed E-state index contributed by atoms with van der Waals surface area (Å²) >= 11 is 0. The Morgan fingerprint density at radius 1 is 1.62 bits per heavy atom. The van der Waals surface area contributed by atoms with Gasteiger partial charge in [-0.05, 0) is 26.4 Å². The monoisotopic (exact) mass is 185 g/mol. The van der Waals surface area contributed by atoms with Gasteiger partial charge in [-0.15, -0.1) is 0 Å². The Balaban J connectivity index is 2.45. The van der Waals surface area contributed by atoms with Crippen molar-refractivity contribution in [1.29, 1.82) is 0 Å². The molecule has 0 aromatic carbocycles. The molecule has 1 unspecified atom stereocenters.